The second-order valence-corrected chi connectivity index (χ2v) is 8.38. The van der Waals surface area contributed by atoms with Crippen LogP contribution >= 0.6 is 0 Å². The van der Waals surface area contributed by atoms with E-state index in [9.17, 15) is 0 Å². The molecule has 33 heavy (non-hydrogen) atoms. The number of ether oxygens (including phenoxy) is 7. The van der Waals surface area contributed by atoms with Gasteiger partial charge < -0.3 is 33.2 Å². The van der Waals surface area contributed by atoms with E-state index < -0.39 is 11.2 Å². The van der Waals surface area contributed by atoms with Crippen LogP contribution < -0.4 is 18.9 Å². The molecule has 0 bridgehead atoms. The fourth-order valence-electron chi connectivity index (χ4n) is 2.82. The van der Waals surface area contributed by atoms with Gasteiger partial charge in [-0.1, -0.05) is 0 Å². The molecule has 7 heteroatoms. The van der Waals surface area contributed by atoms with Crippen LogP contribution in [0.4, 0.5) is 0 Å². The lowest BCUT2D eigenvalue weighted by molar-refractivity contribution is -0.183. The van der Waals surface area contributed by atoms with Crippen LogP contribution in [-0.2, 0) is 14.2 Å². The van der Waals surface area contributed by atoms with E-state index >= 15 is 0 Å². The Labute approximate surface area is 197 Å². The second kappa shape index (κ2) is 13.3. The topological polar surface area (TPSA) is 64.6 Å². The van der Waals surface area contributed by atoms with Crippen LogP contribution in [0.5, 0.6) is 23.0 Å². The van der Waals surface area contributed by atoms with Gasteiger partial charge in [-0.05, 0) is 76.2 Å². The molecule has 0 spiro atoms. The van der Waals surface area contributed by atoms with Crippen molar-refractivity contribution in [3.8, 4) is 23.0 Å². The Kier molecular flexibility index (Phi) is 10.8. The number of methoxy groups -OCH3 is 2. The molecule has 2 aromatic rings. The smallest absolute Gasteiger partial charge is 0.119 e. The minimum Gasteiger partial charge on any atom is -0.497 e. The van der Waals surface area contributed by atoms with E-state index in [1.807, 2.05) is 76.2 Å². The van der Waals surface area contributed by atoms with Gasteiger partial charge in [0.25, 0.3) is 0 Å². The van der Waals surface area contributed by atoms with Gasteiger partial charge >= 0.3 is 0 Å². The summed E-state index contributed by atoms with van der Waals surface area (Å²) in [5.41, 5.74) is -1.01. The maximum Gasteiger partial charge on any atom is 0.119 e. The Hall–Kier alpha value is -2.48. The zero-order chi connectivity index (χ0) is 24.2. The first kappa shape index (κ1) is 26.8. The lowest BCUT2D eigenvalue weighted by Crippen LogP contribution is -2.50. The molecular formula is C26H38O7. The number of benzene rings is 2. The molecular weight excluding hydrogens is 424 g/mol. The zero-order valence-electron chi connectivity index (χ0n) is 20.7. The lowest BCUT2D eigenvalue weighted by atomic mass is 9.89. The number of hydrogen-bond donors (Lipinski definition) is 0. The van der Waals surface area contributed by atoms with E-state index in [4.69, 9.17) is 33.2 Å². The first-order chi connectivity index (χ1) is 15.8. The van der Waals surface area contributed by atoms with Crippen molar-refractivity contribution in [3.63, 3.8) is 0 Å². The maximum absolute atomic E-state index is 6.08. The summed E-state index contributed by atoms with van der Waals surface area (Å²) < 4.78 is 39.4. The molecule has 2 rings (SSSR count). The highest BCUT2D eigenvalue weighted by Crippen LogP contribution is 2.29. The third-order valence-corrected chi connectivity index (χ3v) is 5.57. The summed E-state index contributed by atoms with van der Waals surface area (Å²) in [5, 5.41) is 0. The molecule has 0 N–H and O–H groups in total. The number of rotatable bonds is 16. The molecule has 0 unspecified atom stereocenters. The Balaban J connectivity index is 1.58. The minimum absolute atomic E-state index is 0.448. The van der Waals surface area contributed by atoms with E-state index in [1.54, 1.807) is 14.2 Å². The van der Waals surface area contributed by atoms with Crippen LogP contribution in [0.1, 0.15) is 27.7 Å². The Bertz CT molecular complexity index is 785. The van der Waals surface area contributed by atoms with Crippen molar-refractivity contribution in [3.05, 3.63) is 48.5 Å². The summed E-state index contributed by atoms with van der Waals surface area (Å²) in [6.07, 6.45) is 0. The van der Waals surface area contributed by atoms with Crippen LogP contribution in [-0.4, -0.2) is 65.1 Å². The van der Waals surface area contributed by atoms with Crippen molar-refractivity contribution in [1.82, 2.24) is 0 Å². The van der Waals surface area contributed by atoms with Crippen LogP contribution in [0.15, 0.2) is 48.5 Å². The summed E-state index contributed by atoms with van der Waals surface area (Å²) in [4.78, 5) is 0. The van der Waals surface area contributed by atoms with E-state index in [0.29, 0.717) is 39.6 Å². The van der Waals surface area contributed by atoms with Gasteiger partial charge in [0.2, 0.25) is 0 Å². The van der Waals surface area contributed by atoms with Gasteiger partial charge in [-0.15, -0.1) is 0 Å². The Morgan fingerprint density at radius 2 is 0.818 bits per heavy atom. The molecule has 0 aromatic heterocycles. The van der Waals surface area contributed by atoms with Gasteiger partial charge in [-0.25, -0.2) is 0 Å². The van der Waals surface area contributed by atoms with Gasteiger partial charge in [-0.3, -0.25) is 0 Å². The zero-order valence-corrected chi connectivity index (χ0v) is 20.7. The maximum atomic E-state index is 6.08. The normalized spacial score (nSPS) is 11.8. The molecule has 0 saturated heterocycles. The molecule has 7 nitrogen and oxygen atoms in total. The predicted octanol–water partition coefficient (Wildman–Crippen LogP) is 4.77. The first-order valence-corrected chi connectivity index (χ1v) is 11.2. The lowest BCUT2D eigenvalue weighted by Gasteiger charge is -2.41. The van der Waals surface area contributed by atoms with Crippen molar-refractivity contribution in [2.75, 3.05) is 53.9 Å². The summed E-state index contributed by atoms with van der Waals surface area (Å²) in [6.45, 7) is 10.9. The molecule has 0 atom stereocenters. The predicted molar refractivity (Wildman–Crippen MR) is 128 cm³/mol. The van der Waals surface area contributed by atoms with Crippen molar-refractivity contribution in [2.24, 2.45) is 0 Å². The van der Waals surface area contributed by atoms with E-state index in [2.05, 4.69) is 0 Å². The minimum atomic E-state index is -0.506. The average Bonchev–Trinajstić information content (AvgIpc) is 2.82. The Morgan fingerprint density at radius 3 is 1.24 bits per heavy atom. The summed E-state index contributed by atoms with van der Waals surface area (Å²) in [7, 11) is 3.28. The molecule has 0 fully saturated rings. The van der Waals surface area contributed by atoms with E-state index in [1.165, 1.54) is 0 Å². The summed E-state index contributed by atoms with van der Waals surface area (Å²) in [6, 6.07) is 14.9. The molecule has 0 radical (unpaired) electrons. The monoisotopic (exact) mass is 462 g/mol. The fraction of sp³-hybridized carbons (Fsp3) is 0.538. The average molecular weight is 463 g/mol. The van der Waals surface area contributed by atoms with Crippen LogP contribution in [0.25, 0.3) is 0 Å². The third kappa shape index (κ3) is 9.12. The molecule has 184 valence electrons. The van der Waals surface area contributed by atoms with E-state index in [-0.39, 0.29) is 0 Å². The van der Waals surface area contributed by atoms with Crippen molar-refractivity contribution in [2.45, 2.75) is 38.9 Å². The van der Waals surface area contributed by atoms with E-state index in [0.717, 1.165) is 23.0 Å². The van der Waals surface area contributed by atoms with Crippen LogP contribution in [0.2, 0.25) is 0 Å². The summed E-state index contributed by atoms with van der Waals surface area (Å²) >= 11 is 0. The van der Waals surface area contributed by atoms with Crippen LogP contribution in [0.3, 0.4) is 0 Å². The molecule has 0 saturated carbocycles. The van der Waals surface area contributed by atoms with Crippen LogP contribution in [0, 0.1) is 0 Å². The molecule has 0 aliphatic heterocycles. The second-order valence-electron chi connectivity index (χ2n) is 8.38. The first-order valence-electron chi connectivity index (χ1n) is 11.2. The summed E-state index contributed by atoms with van der Waals surface area (Å²) in [5.74, 6) is 3.16. The fourth-order valence-corrected chi connectivity index (χ4v) is 2.82. The van der Waals surface area contributed by atoms with Gasteiger partial charge in [-0.2, -0.15) is 0 Å². The molecule has 0 amide bonds. The highest BCUT2D eigenvalue weighted by molar-refractivity contribution is 5.31. The van der Waals surface area contributed by atoms with Crippen molar-refractivity contribution >= 4 is 0 Å². The quantitative estimate of drug-likeness (QED) is 0.333. The SMILES string of the molecule is COc1ccc(OCCOCCOC(C)(C)C(C)(C)OCCOc2ccc(OC)cc2)cc1. The molecule has 0 heterocycles. The molecule has 0 aliphatic rings. The van der Waals surface area contributed by atoms with Gasteiger partial charge in [0.1, 0.15) is 36.2 Å². The van der Waals surface area contributed by atoms with Gasteiger partial charge in [0.15, 0.2) is 0 Å². The third-order valence-electron chi connectivity index (χ3n) is 5.57. The number of hydrogen-bond acceptors (Lipinski definition) is 7. The van der Waals surface area contributed by atoms with Crippen molar-refractivity contribution in [1.29, 1.82) is 0 Å². The highest BCUT2D eigenvalue weighted by Gasteiger charge is 2.39. The largest absolute Gasteiger partial charge is 0.497 e. The Morgan fingerprint density at radius 1 is 0.485 bits per heavy atom. The van der Waals surface area contributed by atoms with Crippen molar-refractivity contribution < 1.29 is 33.2 Å². The standard InChI is InChI=1S/C26H38O7/c1-25(2,26(3,4)33-20-18-31-24-13-9-22(28-6)10-14-24)32-19-16-29-15-17-30-23-11-7-21(27-5)8-12-23/h7-14H,15-20H2,1-6H3. The molecule has 2 aromatic carbocycles. The molecule has 0 aliphatic carbocycles. The highest BCUT2D eigenvalue weighted by atomic mass is 16.6. The van der Waals surface area contributed by atoms with Gasteiger partial charge in [0, 0.05) is 0 Å². The van der Waals surface area contributed by atoms with Gasteiger partial charge in [0.05, 0.1) is 51.8 Å².